The molecule has 4 nitrogen and oxygen atoms in total. The van der Waals surface area contributed by atoms with Crippen molar-refractivity contribution < 1.29 is 4.79 Å². The zero-order chi connectivity index (χ0) is 10.9. The fourth-order valence-corrected chi connectivity index (χ4v) is 2.08. The molecule has 0 radical (unpaired) electrons. The maximum atomic E-state index is 11.6. The van der Waals surface area contributed by atoms with Crippen LogP contribution in [-0.2, 0) is 10.3 Å². The van der Waals surface area contributed by atoms with Gasteiger partial charge in [0.05, 0.1) is 5.69 Å². The second kappa shape index (κ2) is 3.62. The van der Waals surface area contributed by atoms with E-state index in [1.54, 1.807) is 0 Å². The number of rotatable bonds is 2. The van der Waals surface area contributed by atoms with E-state index >= 15 is 0 Å². The summed E-state index contributed by atoms with van der Waals surface area (Å²) in [6.07, 6.45) is 1.69. The average molecular weight is 205 g/mol. The van der Waals surface area contributed by atoms with Crippen LogP contribution in [0.1, 0.15) is 24.2 Å². The summed E-state index contributed by atoms with van der Waals surface area (Å²) in [5, 5.41) is 3.18. The third-order valence-electron chi connectivity index (χ3n) is 2.90. The molecular formula is C11H15N3O. The van der Waals surface area contributed by atoms with E-state index in [9.17, 15) is 4.79 Å². The Balaban J connectivity index is 2.45. The number of aromatic nitrogens is 1. The van der Waals surface area contributed by atoms with Gasteiger partial charge < -0.3 is 5.73 Å². The molecule has 1 aromatic rings. The molecule has 1 aromatic heterocycles. The van der Waals surface area contributed by atoms with Crippen LogP contribution in [0.25, 0.3) is 0 Å². The smallest absolute Gasteiger partial charge is 0.243 e. The number of primary amides is 1. The first-order valence-electron chi connectivity index (χ1n) is 5.14. The van der Waals surface area contributed by atoms with Gasteiger partial charge in [0.15, 0.2) is 0 Å². The van der Waals surface area contributed by atoms with Gasteiger partial charge >= 0.3 is 0 Å². The highest BCUT2D eigenvalue weighted by molar-refractivity contribution is 5.86. The van der Waals surface area contributed by atoms with Gasteiger partial charge in [-0.2, -0.15) is 0 Å². The van der Waals surface area contributed by atoms with Crippen LogP contribution in [0.2, 0.25) is 0 Å². The maximum Gasteiger partial charge on any atom is 0.243 e. The highest BCUT2D eigenvalue weighted by Crippen LogP contribution is 2.29. The molecule has 1 saturated heterocycles. The molecule has 0 aromatic carbocycles. The van der Waals surface area contributed by atoms with Crippen LogP contribution in [0, 0.1) is 6.92 Å². The molecule has 1 aliphatic heterocycles. The maximum absolute atomic E-state index is 11.6. The molecule has 0 bridgehead atoms. The Kier molecular flexibility index (Phi) is 2.44. The molecule has 2 heterocycles. The molecule has 0 saturated carbocycles. The lowest BCUT2D eigenvalue weighted by molar-refractivity contribution is -0.124. The quantitative estimate of drug-likeness (QED) is 0.736. The summed E-state index contributed by atoms with van der Waals surface area (Å²) >= 11 is 0. The molecule has 1 atom stereocenters. The highest BCUT2D eigenvalue weighted by Gasteiger charge is 2.42. The Morgan fingerprint density at radius 3 is 2.93 bits per heavy atom. The Morgan fingerprint density at radius 1 is 1.60 bits per heavy atom. The molecule has 0 aliphatic carbocycles. The van der Waals surface area contributed by atoms with Gasteiger partial charge in [-0.05, 0) is 38.4 Å². The van der Waals surface area contributed by atoms with Crippen molar-refractivity contribution in [2.45, 2.75) is 25.3 Å². The minimum absolute atomic E-state index is 0.335. The molecule has 3 N–H and O–H groups in total. The largest absolute Gasteiger partial charge is 0.368 e. The normalized spacial score (nSPS) is 25.4. The van der Waals surface area contributed by atoms with Crippen LogP contribution in [0.4, 0.5) is 0 Å². The molecule has 1 amide bonds. The summed E-state index contributed by atoms with van der Waals surface area (Å²) in [6, 6.07) is 5.67. The van der Waals surface area contributed by atoms with Crippen molar-refractivity contribution in [3.8, 4) is 0 Å². The van der Waals surface area contributed by atoms with Crippen LogP contribution in [0.5, 0.6) is 0 Å². The fourth-order valence-electron chi connectivity index (χ4n) is 2.08. The standard InChI is InChI=1S/C11H15N3O/c1-8-4-2-5-9(14-8)11(10(12)15)6-3-7-13-11/h2,4-5,13H,3,6-7H2,1H3,(H2,12,15). The van der Waals surface area contributed by atoms with Gasteiger partial charge in [-0.3, -0.25) is 15.1 Å². The van der Waals surface area contributed by atoms with E-state index in [0.717, 1.165) is 30.8 Å². The molecule has 80 valence electrons. The van der Waals surface area contributed by atoms with E-state index in [1.165, 1.54) is 0 Å². The van der Waals surface area contributed by atoms with Crippen LogP contribution in [-0.4, -0.2) is 17.4 Å². The average Bonchev–Trinajstić information content (AvgIpc) is 2.67. The predicted molar refractivity (Wildman–Crippen MR) is 57.1 cm³/mol. The molecule has 0 spiro atoms. The number of nitrogens with one attached hydrogen (secondary N) is 1. The van der Waals surface area contributed by atoms with Gasteiger partial charge in [0.25, 0.3) is 0 Å². The number of nitrogens with two attached hydrogens (primary N) is 1. The van der Waals surface area contributed by atoms with E-state index < -0.39 is 5.54 Å². The molecule has 15 heavy (non-hydrogen) atoms. The van der Waals surface area contributed by atoms with Gasteiger partial charge in [-0.15, -0.1) is 0 Å². The van der Waals surface area contributed by atoms with Crippen molar-refractivity contribution in [3.63, 3.8) is 0 Å². The van der Waals surface area contributed by atoms with Crippen molar-refractivity contribution in [2.75, 3.05) is 6.54 Å². The van der Waals surface area contributed by atoms with Crippen LogP contribution in [0.3, 0.4) is 0 Å². The SMILES string of the molecule is Cc1cccc(C2(C(N)=O)CCCN2)n1. The van der Waals surface area contributed by atoms with Crippen LogP contribution in [0.15, 0.2) is 18.2 Å². The Bertz CT molecular complexity index is 383. The Morgan fingerprint density at radius 2 is 2.40 bits per heavy atom. The van der Waals surface area contributed by atoms with Gasteiger partial charge in [0.2, 0.25) is 5.91 Å². The minimum atomic E-state index is -0.744. The van der Waals surface area contributed by atoms with E-state index in [-0.39, 0.29) is 5.91 Å². The first kappa shape index (κ1) is 10.1. The zero-order valence-corrected chi connectivity index (χ0v) is 8.79. The van der Waals surface area contributed by atoms with Crippen LogP contribution >= 0.6 is 0 Å². The van der Waals surface area contributed by atoms with Crippen LogP contribution < -0.4 is 11.1 Å². The summed E-state index contributed by atoms with van der Waals surface area (Å²) in [4.78, 5) is 15.9. The second-order valence-electron chi connectivity index (χ2n) is 3.96. The summed E-state index contributed by atoms with van der Waals surface area (Å²) in [7, 11) is 0. The zero-order valence-electron chi connectivity index (χ0n) is 8.79. The number of hydrogen-bond acceptors (Lipinski definition) is 3. The monoisotopic (exact) mass is 205 g/mol. The summed E-state index contributed by atoms with van der Waals surface area (Å²) in [6.45, 7) is 2.73. The third-order valence-corrected chi connectivity index (χ3v) is 2.90. The summed E-state index contributed by atoms with van der Waals surface area (Å²) < 4.78 is 0. The van der Waals surface area contributed by atoms with Gasteiger partial charge in [0, 0.05) is 5.69 Å². The number of aryl methyl sites for hydroxylation is 1. The van der Waals surface area contributed by atoms with Crippen molar-refractivity contribution >= 4 is 5.91 Å². The van der Waals surface area contributed by atoms with Gasteiger partial charge in [-0.25, -0.2) is 0 Å². The fraction of sp³-hybridized carbons (Fsp3) is 0.455. The number of nitrogens with zero attached hydrogens (tertiary/aromatic N) is 1. The Hall–Kier alpha value is -1.42. The lowest BCUT2D eigenvalue weighted by atomic mass is 9.92. The molecular weight excluding hydrogens is 190 g/mol. The first-order chi connectivity index (χ1) is 7.15. The minimum Gasteiger partial charge on any atom is -0.368 e. The van der Waals surface area contributed by atoms with E-state index in [4.69, 9.17) is 5.73 Å². The topological polar surface area (TPSA) is 68.0 Å². The molecule has 1 unspecified atom stereocenters. The molecule has 4 heteroatoms. The summed E-state index contributed by atoms with van der Waals surface area (Å²) in [5.41, 5.74) is 6.38. The lowest BCUT2D eigenvalue weighted by Gasteiger charge is -2.25. The van der Waals surface area contributed by atoms with Gasteiger partial charge in [-0.1, -0.05) is 6.07 Å². The van der Waals surface area contributed by atoms with E-state index in [0.29, 0.717) is 0 Å². The first-order valence-corrected chi connectivity index (χ1v) is 5.14. The van der Waals surface area contributed by atoms with Crippen molar-refractivity contribution in [1.82, 2.24) is 10.3 Å². The Labute approximate surface area is 88.9 Å². The predicted octanol–water partition coefficient (Wildman–Crippen LogP) is 0.454. The number of carbonyl (C=O) groups is 1. The number of amides is 1. The molecule has 1 aliphatic rings. The number of carbonyl (C=O) groups excluding carboxylic acids is 1. The van der Waals surface area contributed by atoms with Crippen molar-refractivity contribution in [3.05, 3.63) is 29.6 Å². The number of pyridine rings is 1. The lowest BCUT2D eigenvalue weighted by Crippen LogP contribution is -2.49. The number of hydrogen-bond donors (Lipinski definition) is 2. The molecule has 1 fully saturated rings. The highest BCUT2D eigenvalue weighted by atomic mass is 16.1. The third kappa shape index (κ3) is 1.61. The van der Waals surface area contributed by atoms with E-state index in [2.05, 4.69) is 10.3 Å². The van der Waals surface area contributed by atoms with Crippen molar-refractivity contribution in [1.29, 1.82) is 0 Å². The van der Waals surface area contributed by atoms with Gasteiger partial charge in [0.1, 0.15) is 5.54 Å². The van der Waals surface area contributed by atoms with Crippen molar-refractivity contribution in [2.24, 2.45) is 5.73 Å². The summed E-state index contributed by atoms with van der Waals surface area (Å²) in [5.74, 6) is -0.335. The molecule has 2 rings (SSSR count). The second-order valence-corrected chi connectivity index (χ2v) is 3.96. The van der Waals surface area contributed by atoms with E-state index in [1.807, 2.05) is 25.1 Å².